The molecule has 1 saturated carbocycles. The number of morpholine rings is 1. The third-order valence-electron chi connectivity index (χ3n) is 4.34. The minimum Gasteiger partial charge on any atom is -0.369 e. The topological polar surface area (TPSA) is 21.3 Å². The highest BCUT2D eigenvalue weighted by Crippen LogP contribution is 2.35. The van der Waals surface area contributed by atoms with E-state index in [0.29, 0.717) is 12.0 Å². The Balaban J connectivity index is 1.92. The van der Waals surface area contributed by atoms with E-state index in [9.17, 15) is 0 Å². The van der Waals surface area contributed by atoms with Gasteiger partial charge in [-0.25, -0.2) is 0 Å². The molecular formula is C14H27NO. The van der Waals surface area contributed by atoms with Gasteiger partial charge in [-0.3, -0.25) is 0 Å². The molecule has 94 valence electrons. The van der Waals surface area contributed by atoms with Crippen LogP contribution in [-0.4, -0.2) is 24.8 Å². The van der Waals surface area contributed by atoms with Gasteiger partial charge in [0.1, 0.15) is 0 Å². The van der Waals surface area contributed by atoms with E-state index in [-0.39, 0.29) is 5.60 Å². The molecule has 0 aromatic rings. The first-order valence-electron chi connectivity index (χ1n) is 7.14. The number of rotatable bonds is 3. The number of ether oxygens (including phenoxy) is 1. The van der Waals surface area contributed by atoms with Gasteiger partial charge in [0, 0.05) is 13.1 Å². The van der Waals surface area contributed by atoms with E-state index in [2.05, 4.69) is 19.2 Å². The predicted molar refractivity (Wildman–Crippen MR) is 67.6 cm³/mol. The van der Waals surface area contributed by atoms with E-state index >= 15 is 0 Å². The fourth-order valence-electron chi connectivity index (χ4n) is 3.30. The van der Waals surface area contributed by atoms with Gasteiger partial charge in [0.25, 0.3) is 0 Å². The van der Waals surface area contributed by atoms with Crippen LogP contribution in [0.15, 0.2) is 0 Å². The van der Waals surface area contributed by atoms with Crippen molar-refractivity contribution >= 4 is 0 Å². The molecule has 1 heterocycles. The van der Waals surface area contributed by atoms with Gasteiger partial charge in [0.15, 0.2) is 0 Å². The van der Waals surface area contributed by atoms with Crippen molar-refractivity contribution in [2.24, 2.45) is 5.92 Å². The van der Waals surface area contributed by atoms with Gasteiger partial charge in [0.05, 0.1) is 11.7 Å². The molecular weight excluding hydrogens is 198 g/mol. The molecule has 1 aliphatic heterocycles. The quantitative estimate of drug-likeness (QED) is 0.797. The second-order valence-electron chi connectivity index (χ2n) is 5.80. The van der Waals surface area contributed by atoms with E-state index in [1.54, 1.807) is 0 Å². The van der Waals surface area contributed by atoms with Crippen molar-refractivity contribution in [1.82, 2.24) is 5.32 Å². The molecule has 0 aromatic carbocycles. The molecule has 16 heavy (non-hydrogen) atoms. The van der Waals surface area contributed by atoms with Crippen LogP contribution < -0.4 is 5.32 Å². The smallest absolute Gasteiger partial charge is 0.0810 e. The zero-order valence-electron chi connectivity index (χ0n) is 10.9. The largest absolute Gasteiger partial charge is 0.369 e. The van der Waals surface area contributed by atoms with Crippen LogP contribution in [0.5, 0.6) is 0 Å². The molecule has 2 fully saturated rings. The lowest BCUT2D eigenvalue weighted by atomic mass is 9.82. The van der Waals surface area contributed by atoms with E-state index in [1.165, 1.54) is 44.9 Å². The van der Waals surface area contributed by atoms with Crippen LogP contribution in [-0.2, 0) is 4.74 Å². The minimum absolute atomic E-state index is 0.198. The lowest BCUT2D eigenvalue weighted by Crippen LogP contribution is -2.56. The summed E-state index contributed by atoms with van der Waals surface area (Å²) >= 11 is 0. The van der Waals surface area contributed by atoms with Crippen LogP contribution in [0.1, 0.15) is 58.8 Å². The SMILES string of the molecule is CCCC(C)C1CNCC2(CCCCC2)O1. The molecule has 2 unspecified atom stereocenters. The normalized spacial score (nSPS) is 31.5. The number of hydrogen-bond donors (Lipinski definition) is 1. The first-order chi connectivity index (χ1) is 7.76. The van der Waals surface area contributed by atoms with Crippen LogP contribution in [0, 0.1) is 5.92 Å². The summed E-state index contributed by atoms with van der Waals surface area (Å²) in [5, 5.41) is 3.61. The van der Waals surface area contributed by atoms with Gasteiger partial charge in [-0.2, -0.15) is 0 Å². The van der Waals surface area contributed by atoms with Gasteiger partial charge in [-0.05, 0) is 25.2 Å². The van der Waals surface area contributed by atoms with Crippen LogP contribution in [0.3, 0.4) is 0 Å². The van der Waals surface area contributed by atoms with Crippen molar-refractivity contribution in [2.75, 3.05) is 13.1 Å². The highest BCUT2D eigenvalue weighted by molar-refractivity contribution is 4.92. The summed E-state index contributed by atoms with van der Waals surface area (Å²) in [6.45, 7) is 6.76. The average molecular weight is 225 g/mol. The Morgan fingerprint density at radius 3 is 2.75 bits per heavy atom. The molecule has 1 spiro atoms. The molecule has 2 nitrogen and oxygen atoms in total. The molecule has 1 N–H and O–H groups in total. The van der Waals surface area contributed by atoms with Crippen molar-refractivity contribution in [3.63, 3.8) is 0 Å². The van der Waals surface area contributed by atoms with Crippen LogP contribution >= 0.6 is 0 Å². The minimum atomic E-state index is 0.198. The fourth-order valence-corrected chi connectivity index (χ4v) is 3.30. The second kappa shape index (κ2) is 5.50. The molecule has 0 radical (unpaired) electrons. The van der Waals surface area contributed by atoms with E-state index in [1.807, 2.05) is 0 Å². The Bertz CT molecular complexity index is 205. The Morgan fingerprint density at radius 2 is 2.06 bits per heavy atom. The molecule has 1 aliphatic carbocycles. The van der Waals surface area contributed by atoms with Crippen molar-refractivity contribution in [3.05, 3.63) is 0 Å². The monoisotopic (exact) mass is 225 g/mol. The van der Waals surface area contributed by atoms with Gasteiger partial charge in [-0.1, -0.05) is 39.5 Å². The zero-order chi connectivity index (χ0) is 11.4. The highest BCUT2D eigenvalue weighted by Gasteiger charge is 2.39. The third-order valence-corrected chi connectivity index (χ3v) is 4.34. The lowest BCUT2D eigenvalue weighted by molar-refractivity contribution is -0.150. The highest BCUT2D eigenvalue weighted by atomic mass is 16.5. The average Bonchev–Trinajstić information content (AvgIpc) is 2.30. The Morgan fingerprint density at radius 1 is 1.31 bits per heavy atom. The van der Waals surface area contributed by atoms with Crippen LogP contribution in [0.2, 0.25) is 0 Å². The third kappa shape index (κ3) is 2.78. The standard InChI is InChI=1S/C14H27NO/c1-3-7-12(2)13-10-15-11-14(16-13)8-5-4-6-9-14/h12-13,15H,3-11H2,1-2H3. The van der Waals surface area contributed by atoms with Crippen LogP contribution in [0.4, 0.5) is 0 Å². The second-order valence-corrected chi connectivity index (χ2v) is 5.80. The molecule has 2 heteroatoms. The van der Waals surface area contributed by atoms with Crippen molar-refractivity contribution in [1.29, 1.82) is 0 Å². The summed E-state index contributed by atoms with van der Waals surface area (Å²) in [6.07, 6.45) is 9.68. The van der Waals surface area contributed by atoms with E-state index in [4.69, 9.17) is 4.74 Å². The molecule has 0 aromatic heterocycles. The predicted octanol–water partition coefficient (Wildman–Crippen LogP) is 3.11. The first-order valence-corrected chi connectivity index (χ1v) is 7.14. The summed E-state index contributed by atoms with van der Waals surface area (Å²) in [5.41, 5.74) is 0.198. The van der Waals surface area contributed by atoms with Crippen LogP contribution in [0.25, 0.3) is 0 Å². The maximum absolute atomic E-state index is 6.47. The van der Waals surface area contributed by atoms with Crippen molar-refractivity contribution in [2.45, 2.75) is 70.5 Å². The fraction of sp³-hybridized carbons (Fsp3) is 1.00. The summed E-state index contributed by atoms with van der Waals surface area (Å²) < 4.78 is 6.47. The summed E-state index contributed by atoms with van der Waals surface area (Å²) in [7, 11) is 0. The van der Waals surface area contributed by atoms with Gasteiger partial charge < -0.3 is 10.1 Å². The Labute approximate surface area is 100 Å². The number of nitrogens with one attached hydrogen (secondary N) is 1. The van der Waals surface area contributed by atoms with Gasteiger partial charge in [-0.15, -0.1) is 0 Å². The van der Waals surface area contributed by atoms with Crippen molar-refractivity contribution in [3.8, 4) is 0 Å². The molecule has 1 saturated heterocycles. The summed E-state index contributed by atoms with van der Waals surface area (Å²) in [6, 6.07) is 0. The summed E-state index contributed by atoms with van der Waals surface area (Å²) in [4.78, 5) is 0. The van der Waals surface area contributed by atoms with Crippen molar-refractivity contribution < 1.29 is 4.74 Å². The maximum Gasteiger partial charge on any atom is 0.0810 e. The summed E-state index contributed by atoms with van der Waals surface area (Å²) in [5.74, 6) is 0.705. The molecule has 0 amide bonds. The molecule has 2 atom stereocenters. The Kier molecular flexibility index (Phi) is 4.26. The Hall–Kier alpha value is -0.0800. The zero-order valence-corrected chi connectivity index (χ0v) is 10.9. The molecule has 2 aliphatic rings. The molecule has 0 bridgehead atoms. The maximum atomic E-state index is 6.47. The van der Waals surface area contributed by atoms with Gasteiger partial charge >= 0.3 is 0 Å². The lowest BCUT2D eigenvalue weighted by Gasteiger charge is -2.45. The number of hydrogen-bond acceptors (Lipinski definition) is 2. The molecule has 2 rings (SSSR count). The van der Waals surface area contributed by atoms with Gasteiger partial charge in [0.2, 0.25) is 0 Å². The van der Waals surface area contributed by atoms with E-state index in [0.717, 1.165) is 13.1 Å². The first kappa shape index (κ1) is 12.4. The van der Waals surface area contributed by atoms with E-state index < -0.39 is 0 Å².